The second-order valence-corrected chi connectivity index (χ2v) is 2.61. The first kappa shape index (κ1) is 9.17. The lowest BCUT2D eigenvalue weighted by atomic mass is 10.5. The third kappa shape index (κ3) is 4.66. The van der Waals surface area contributed by atoms with Crippen LogP contribution in [0.1, 0.15) is 0 Å². The first-order chi connectivity index (χ1) is 4.35. The van der Waals surface area contributed by atoms with Gasteiger partial charge in [-0.3, -0.25) is 0 Å². The van der Waals surface area contributed by atoms with Gasteiger partial charge in [-0.05, 0) is 6.26 Å². The van der Waals surface area contributed by atoms with Gasteiger partial charge < -0.3 is 4.84 Å². The maximum absolute atomic E-state index is 4.57. The van der Waals surface area contributed by atoms with Crippen LogP contribution in [0, 0.1) is 0 Å². The molecule has 0 N–H and O–H groups in total. The fraction of sp³-hybridized carbons (Fsp3) is 0.800. The van der Waals surface area contributed by atoms with Gasteiger partial charge in [0.25, 0.3) is 0 Å². The summed E-state index contributed by atoms with van der Waals surface area (Å²) in [5.74, 6) is 1.58. The zero-order chi connectivity index (χ0) is 7.11. The van der Waals surface area contributed by atoms with Gasteiger partial charge in [0.1, 0.15) is 7.11 Å². The van der Waals surface area contributed by atoms with Gasteiger partial charge in [-0.25, -0.2) is 0 Å². The topological polar surface area (TPSA) is 21.6 Å². The van der Waals surface area contributed by atoms with Crippen LogP contribution in [0.25, 0.3) is 0 Å². The quantitative estimate of drug-likeness (QED) is 0.385. The molecule has 2 nitrogen and oxygen atoms in total. The SMILES string of the molecule is CO/N=C(/CS)CSC. The second kappa shape index (κ2) is 6.29. The van der Waals surface area contributed by atoms with E-state index in [0.717, 1.165) is 11.5 Å². The summed E-state index contributed by atoms with van der Waals surface area (Å²) in [6.45, 7) is 0. The molecule has 0 aliphatic heterocycles. The van der Waals surface area contributed by atoms with Crippen LogP contribution in [0.3, 0.4) is 0 Å². The van der Waals surface area contributed by atoms with Crippen LogP contribution in [0.2, 0.25) is 0 Å². The fourth-order valence-corrected chi connectivity index (χ4v) is 1.21. The summed E-state index contributed by atoms with van der Waals surface area (Å²) in [4.78, 5) is 4.57. The highest BCUT2D eigenvalue weighted by Crippen LogP contribution is 1.95. The molecule has 0 aliphatic rings. The number of nitrogens with zero attached hydrogens (tertiary/aromatic N) is 1. The van der Waals surface area contributed by atoms with Crippen LogP contribution >= 0.6 is 24.4 Å². The monoisotopic (exact) mass is 165 g/mol. The van der Waals surface area contributed by atoms with Gasteiger partial charge >= 0.3 is 0 Å². The van der Waals surface area contributed by atoms with Crippen LogP contribution in [-0.2, 0) is 4.84 Å². The van der Waals surface area contributed by atoms with Crippen molar-refractivity contribution in [1.29, 1.82) is 0 Å². The van der Waals surface area contributed by atoms with Gasteiger partial charge in [-0.1, -0.05) is 5.16 Å². The molecule has 9 heavy (non-hydrogen) atoms. The molecule has 0 aromatic rings. The van der Waals surface area contributed by atoms with Crippen molar-refractivity contribution in [2.75, 3.05) is 24.9 Å². The maximum Gasteiger partial charge on any atom is 0.106 e. The van der Waals surface area contributed by atoms with E-state index in [0.29, 0.717) is 5.75 Å². The highest BCUT2D eigenvalue weighted by atomic mass is 32.2. The van der Waals surface area contributed by atoms with Crippen molar-refractivity contribution < 1.29 is 4.84 Å². The smallest absolute Gasteiger partial charge is 0.106 e. The summed E-state index contributed by atoms with van der Waals surface area (Å²) >= 11 is 5.77. The molecule has 54 valence electrons. The fourth-order valence-electron chi connectivity index (χ4n) is 0.397. The van der Waals surface area contributed by atoms with E-state index in [4.69, 9.17) is 0 Å². The van der Waals surface area contributed by atoms with Crippen LogP contribution in [0.4, 0.5) is 0 Å². The number of oxime groups is 1. The number of hydrogen-bond donors (Lipinski definition) is 1. The zero-order valence-electron chi connectivity index (χ0n) is 5.63. The van der Waals surface area contributed by atoms with Crippen LogP contribution in [0.5, 0.6) is 0 Å². The van der Waals surface area contributed by atoms with Crippen molar-refractivity contribution in [2.45, 2.75) is 0 Å². The average molecular weight is 165 g/mol. The first-order valence-electron chi connectivity index (χ1n) is 2.53. The Bertz CT molecular complexity index is 95.0. The summed E-state index contributed by atoms with van der Waals surface area (Å²) in [5.41, 5.74) is 0.980. The van der Waals surface area contributed by atoms with E-state index in [9.17, 15) is 0 Å². The Morgan fingerprint density at radius 2 is 2.44 bits per heavy atom. The minimum Gasteiger partial charge on any atom is -0.399 e. The molecule has 0 fully saturated rings. The van der Waals surface area contributed by atoms with E-state index < -0.39 is 0 Å². The Labute approximate surface area is 65.4 Å². The number of thioether (sulfide) groups is 1. The summed E-state index contributed by atoms with van der Waals surface area (Å²) < 4.78 is 0. The summed E-state index contributed by atoms with van der Waals surface area (Å²) in [6.07, 6.45) is 2.02. The minimum absolute atomic E-state index is 0.675. The molecule has 4 heteroatoms. The molecule has 0 aromatic carbocycles. The lowest BCUT2D eigenvalue weighted by Gasteiger charge is -1.96. The molecule has 0 bridgehead atoms. The van der Waals surface area contributed by atoms with Gasteiger partial charge in [0.15, 0.2) is 0 Å². The van der Waals surface area contributed by atoms with Crippen molar-refractivity contribution >= 4 is 30.1 Å². The van der Waals surface area contributed by atoms with Crippen molar-refractivity contribution in [3.05, 3.63) is 0 Å². The zero-order valence-corrected chi connectivity index (χ0v) is 7.34. The average Bonchev–Trinajstić information content (AvgIpc) is 1.88. The van der Waals surface area contributed by atoms with Crippen molar-refractivity contribution in [2.24, 2.45) is 5.16 Å². The molecule has 0 heterocycles. The van der Waals surface area contributed by atoms with Gasteiger partial charge in [-0.15, -0.1) is 0 Å². The second-order valence-electron chi connectivity index (χ2n) is 1.43. The maximum atomic E-state index is 4.57. The highest BCUT2D eigenvalue weighted by Gasteiger charge is 1.93. The molecule has 0 saturated heterocycles. The molecule has 0 aromatic heterocycles. The molecule has 0 saturated carbocycles. The van der Waals surface area contributed by atoms with E-state index >= 15 is 0 Å². The van der Waals surface area contributed by atoms with Crippen molar-refractivity contribution in [3.63, 3.8) is 0 Å². The Kier molecular flexibility index (Phi) is 6.41. The van der Waals surface area contributed by atoms with Gasteiger partial charge in [0.05, 0.1) is 5.71 Å². The minimum atomic E-state index is 0.675. The van der Waals surface area contributed by atoms with E-state index in [-0.39, 0.29) is 0 Å². The number of rotatable bonds is 4. The predicted octanol–water partition coefficient (Wildman–Crippen LogP) is 1.28. The Hall–Kier alpha value is 0.170. The van der Waals surface area contributed by atoms with Gasteiger partial charge in [-0.2, -0.15) is 24.4 Å². The summed E-state index contributed by atoms with van der Waals surface area (Å²) in [5, 5.41) is 3.75. The van der Waals surface area contributed by atoms with Crippen molar-refractivity contribution in [3.8, 4) is 0 Å². The third-order valence-electron chi connectivity index (χ3n) is 0.714. The summed E-state index contributed by atoms with van der Waals surface area (Å²) in [6, 6.07) is 0. The largest absolute Gasteiger partial charge is 0.399 e. The molecule has 0 atom stereocenters. The molecule has 0 amide bonds. The molecular weight excluding hydrogens is 154 g/mol. The summed E-state index contributed by atoms with van der Waals surface area (Å²) in [7, 11) is 1.55. The van der Waals surface area contributed by atoms with Gasteiger partial charge in [0.2, 0.25) is 0 Å². The van der Waals surface area contributed by atoms with Crippen LogP contribution < -0.4 is 0 Å². The molecule has 0 unspecified atom stereocenters. The Morgan fingerprint density at radius 1 is 1.78 bits per heavy atom. The van der Waals surface area contributed by atoms with Crippen LogP contribution in [0.15, 0.2) is 5.16 Å². The number of hydrogen-bond acceptors (Lipinski definition) is 4. The highest BCUT2D eigenvalue weighted by molar-refractivity contribution is 7.99. The van der Waals surface area contributed by atoms with Crippen molar-refractivity contribution in [1.82, 2.24) is 0 Å². The standard InChI is InChI=1S/C5H11NOS2/c1-7-6-5(3-8)4-9-2/h8H,3-4H2,1-2H3/b6-5-. The molecular formula is C5H11NOS2. The molecule has 0 spiro atoms. The predicted molar refractivity (Wildman–Crippen MR) is 46.7 cm³/mol. The molecule has 0 radical (unpaired) electrons. The van der Waals surface area contributed by atoms with E-state index in [2.05, 4.69) is 22.6 Å². The lowest BCUT2D eigenvalue weighted by molar-refractivity contribution is 0.213. The Balaban J connectivity index is 3.53. The lowest BCUT2D eigenvalue weighted by Crippen LogP contribution is -2.03. The van der Waals surface area contributed by atoms with Crippen LogP contribution in [-0.4, -0.2) is 30.6 Å². The van der Waals surface area contributed by atoms with Gasteiger partial charge in [0, 0.05) is 11.5 Å². The molecule has 0 aliphatic carbocycles. The first-order valence-corrected chi connectivity index (χ1v) is 4.56. The normalized spacial score (nSPS) is 11.7. The number of thiol groups is 1. The van der Waals surface area contributed by atoms with E-state index in [1.54, 1.807) is 18.9 Å². The van der Waals surface area contributed by atoms with E-state index in [1.807, 2.05) is 6.26 Å². The Morgan fingerprint density at radius 3 is 2.78 bits per heavy atom. The third-order valence-corrected chi connectivity index (χ3v) is 1.70. The molecule has 0 rings (SSSR count). The van der Waals surface area contributed by atoms with E-state index in [1.165, 1.54) is 0 Å².